The number of ether oxygens (including phenoxy) is 2. The fraction of sp³-hybridized carbons (Fsp3) is 0.367. The molecule has 2 aromatic carbocycles. The summed E-state index contributed by atoms with van der Waals surface area (Å²) < 4.78 is 18.8. The first kappa shape index (κ1) is 25.0. The van der Waals surface area contributed by atoms with E-state index >= 15 is 0 Å². The molecule has 7 nitrogen and oxygen atoms in total. The molecule has 0 unspecified atom stereocenters. The van der Waals surface area contributed by atoms with Crippen LogP contribution in [0, 0.1) is 0 Å². The van der Waals surface area contributed by atoms with Crippen LogP contribution in [0.25, 0.3) is 28.4 Å². The van der Waals surface area contributed by atoms with Crippen molar-refractivity contribution in [3.05, 3.63) is 63.3 Å². The number of rotatable bonds is 4. The van der Waals surface area contributed by atoms with Gasteiger partial charge >= 0.3 is 0 Å². The highest BCUT2D eigenvalue weighted by atomic mass is 16.5. The summed E-state index contributed by atoms with van der Waals surface area (Å²) in [4.78, 5) is 13.8. The summed E-state index contributed by atoms with van der Waals surface area (Å²) in [6, 6.07) is 6.01. The summed E-state index contributed by atoms with van der Waals surface area (Å²) in [7, 11) is 0. The molecule has 5 rings (SSSR count). The van der Waals surface area contributed by atoms with E-state index < -0.39 is 22.7 Å². The minimum atomic E-state index is -1.30. The molecule has 0 saturated carbocycles. The molecule has 2 aliphatic rings. The smallest absolute Gasteiger partial charge is 0.200 e. The number of hydrogen-bond donors (Lipinski definition) is 3. The van der Waals surface area contributed by atoms with Gasteiger partial charge in [0, 0.05) is 24.1 Å². The largest absolute Gasteiger partial charge is 0.508 e. The second-order valence-corrected chi connectivity index (χ2v) is 11.0. The molecule has 37 heavy (non-hydrogen) atoms. The maximum atomic E-state index is 13.8. The molecule has 7 heteroatoms. The highest BCUT2D eigenvalue weighted by molar-refractivity contribution is 5.95. The van der Waals surface area contributed by atoms with E-state index in [1.165, 1.54) is 23.8 Å². The molecule has 0 saturated heterocycles. The third-order valence-electron chi connectivity index (χ3n) is 7.04. The van der Waals surface area contributed by atoms with Crippen LogP contribution in [-0.2, 0) is 6.42 Å². The molecule has 0 spiro atoms. The Bertz CT molecular complexity index is 1520. The molecule has 2 aliphatic heterocycles. The zero-order valence-electron chi connectivity index (χ0n) is 21.7. The number of aromatic hydroxyl groups is 2. The van der Waals surface area contributed by atoms with Gasteiger partial charge in [-0.3, -0.25) is 4.79 Å². The zero-order chi connectivity index (χ0) is 26.7. The normalized spacial score (nSPS) is 20.2. The van der Waals surface area contributed by atoms with E-state index in [2.05, 4.69) is 19.9 Å². The Labute approximate surface area is 215 Å². The lowest BCUT2D eigenvalue weighted by Crippen LogP contribution is -2.42. The van der Waals surface area contributed by atoms with Crippen molar-refractivity contribution in [1.29, 1.82) is 0 Å². The van der Waals surface area contributed by atoms with Gasteiger partial charge in [-0.25, -0.2) is 0 Å². The molecule has 0 aliphatic carbocycles. The average Bonchev–Trinajstić information content (AvgIpc) is 2.95. The van der Waals surface area contributed by atoms with Gasteiger partial charge in [0.15, 0.2) is 11.0 Å². The predicted molar refractivity (Wildman–Crippen MR) is 142 cm³/mol. The Hall–Kier alpha value is -3.71. The molecule has 0 fully saturated rings. The van der Waals surface area contributed by atoms with Gasteiger partial charge in [-0.2, -0.15) is 0 Å². The average molecular weight is 505 g/mol. The molecule has 3 heterocycles. The van der Waals surface area contributed by atoms with E-state index in [9.17, 15) is 20.1 Å². The van der Waals surface area contributed by atoms with E-state index in [0.717, 1.165) is 12.8 Å². The van der Waals surface area contributed by atoms with Gasteiger partial charge in [-0.1, -0.05) is 11.6 Å². The Morgan fingerprint density at radius 1 is 1.19 bits per heavy atom. The van der Waals surface area contributed by atoms with Gasteiger partial charge in [0.25, 0.3) is 0 Å². The predicted octanol–water partition coefficient (Wildman–Crippen LogP) is 5.86. The lowest BCUT2D eigenvalue weighted by atomic mass is 9.91. The number of allylic oxidation sites excluding steroid dienone is 2. The monoisotopic (exact) mass is 504 g/mol. The summed E-state index contributed by atoms with van der Waals surface area (Å²) >= 11 is 0. The van der Waals surface area contributed by atoms with Gasteiger partial charge in [-0.05, 0) is 71.7 Å². The first-order valence-electron chi connectivity index (χ1n) is 12.5. The lowest BCUT2D eigenvalue weighted by Gasteiger charge is -2.32. The molecule has 3 aromatic rings. The van der Waals surface area contributed by atoms with Crippen molar-refractivity contribution in [2.24, 2.45) is 0 Å². The van der Waals surface area contributed by atoms with Crippen LogP contribution in [-0.4, -0.2) is 32.6 Å². The highest BCUT2D eigenvalue weighted by Crippen LogP contribution is 2.45. The van der Waals surface area contributed by atoms with E-state index in [4.69, 9.17) is 13.9 Å². The van der Waals surface area contributed by atoms with Crippen LogP contribution >= 0.6 is 0 Å². The van der Waals surface area contributed by atoms with Crippen LogP contribution in [0.4, 0.5) is 0 Å². The minimum Gasteiger partial charge on any atom is -0.508 e. The summed E-state index contributed by atoms with van der Waals surface area (Å²) in [6.07, 6.45) is 6.83. The van der Waals surface area contributed by atoms with Crippen molar-refractivity contribution in [2.75, 3.05) is 0 Å². The van der Waals surface area contributed by atoms with E-state index in [1.807, 2.05) is 19.1 Å². The van der Waals surface area contributed by atoms with Gasteiger partial charge in [-0.15, -0.1) is 0 Å². The number of phenols is 2. The number of hydrogen-bond acceptors (Lipinski definition) is 7. The molecule has 2 atom stereocenters. The molecule has 0 bridgehead atoms. The number of benzene rings is 2. The minimum absolute atomic E-state index is 0.0152. The molecule has 0 amide bonds. The molecule has 3 N–H and O–H groups in total. The highest BCUT2D eigenvalue weighted by Gasteiger charge is 2.37. The quantitative estimate of drug-likeness (QED) is 0.382. The third kappa shape index (κ3) is 4.48. The van der Waals surface area contributed by atoms with Crippen molar-refractivity contribution in [3.8, 4) is 34.3 Å². The SMILES string of the molecule is CC(C)=CCC[C@@]1(C)C=Cc2c(cc(O)c3c(=O)c4c(oc23)-c2ccc(O)cc2O[C@@H](C(C)(C)O)C4)O1. The standard InChI is InChI=1S/C30H32O7/c1-16(2)7-6-11-30(5)12-10-19-23(37-30)15-21(32)25-26(33)20-14-24(29(3,4)34)35-22-13-17(31)8-9-18(22)27(20)36-28(19)25/h7-10,12-13,15,24,31-32,34H,6,11,14H2,1-5H3/t24-,30+/m1/s1. The molecular weight excluding hydrogens is 472 g/mol. The van der Waals surface area contributed by atoms with Crippen molar-refractivity contribution in [2.45, 2.75) is 71.2 Å². The second kappa shape index (κ2) is 8.70. The Balaban J connectivity index is 1.71. The van der Waals surface area contributed by atoms with Gasteiger partial charge in [0.1, 0.15) is 45.8 Å². The lowest BCUT2D eigenvalue weighted by molar-refractivity contribution is -0.0322. The van der Waals surface area contributed by atoms with Crippen LogP contribution in [0.3, 0.4) is 0 Å². The molecule has 0 radical (unpaired) electrons. The van der Waals surface area contributed by atoms with Gasteiger partial charge < -0.3 is 29.2 Å². The summed E-state index contributed by atoms with van der Waals surface area (Å²) in [5, 5.41) is 31.8. The van der Waals surface area contributed by atoms with Crippen LogP contribution in [0.15, 0.2) is 51.2 Å². The van der Waals surface area contributed by atoms with E-state index in [0.29, 0.717) is 22.6 Å². The maximum Gasteiger partial charge on any atom is 0.200 e. The Kier molecular flexibility index (Phi) is 5.87. The third-order valence-corrected chi connectivity index (χ3v) is 7.04. The second-order valence-electron chi connectivity index (χ2n) is 11.0. The topological polar surface area (TPSA) is 109 Å². The Morgan fingerprint density at radius 3 is 2.65 bits per heavy atom. The van der Waals surface area contributed by atoms with Crippen LogP contribution in [0.5, 0.6) is 23.0 Å². The summed E-state index contributed by atoms with van der Waals surface area (Å²) in [6.45, 7) is 9.28. The molecule has 1 aromatic heterocycles. The first-order valence-corrected chi connectivity index (χ1v) is 12.5. The Morgan fingerprint density at radius 2 is 1.95 bits per heavy atom. The summed E-state index contributed by atoms with van der Waals surface area (Å²) in [5.41, 5.74) is 0.493. The fourth-order valence-electron chi connectivity index (χ4n) is 4.92. The zero-order valence-corrected chi connectivity index (χ0v) is 21.7. The number of aliphatic hydroxyl groups is 1. The van der Waals surface area contributed by atoms with Crippen molar-refractivity contribution >= 4 is 17.0 Å². The molecule has 194 valence electrons. The van der Waals surface area contributed by atoms with Crippen molar-refractivity contribution < 1.29 is 29.2 Å². The maximum absolute atomic E-state index is 13.8. The number of fused-ring (bicyclic) bond motifs is 6. The van der Waals surface area contributed by atoms with Crippen LogP contribution < -0.4 is 14.9 Å². The van der Waals surface area contributed by atoms with Crippen molar-refractivity contribution in [3.63, 3.8) is 0 Å². The van der Waals surface area contributed by atoms with E-state index in [-0.39, 0.29) is 40.2 Å². The van der Waals surface area contributed by atoms with Crippen LogP contribution in [0.2, 0.25) is 0 Å². The van der Waals surface area contributed by atoms with Crippen molar-refractivity contribution in [1.82, 2.24) is 0 Å². The summed E-state index contributed by atoms with van der Waals surface area (Å²) in [5.74, 6) is 0.751. The first-order chi connectivity index (χ1) is 17.4. The number of phenolic OH excluding ortho intramolecular Hbond substituents is 2. The van der Waals surface area contributed by atoms with Gasteiger partial charge in [0.2, 0.25) is 0 Å². The fourth-order valence-corrected chi connectivity index (χ4v) is 4.92. The van der Waals surface area contributed by atoms with Gasteiger partial charge in [0.05, 0.1) is 16.7 Å². The van der Waals surface area contributed by atoms with E-state index in [1.54, 1.807) is 19.9 Å². The molecular formula is C30H32O7. The van der Waals surface area contributed by atoms with Crippen LogP contribution in [0.1, 0.15) is 58.6 Å².